The molecule has 0 amide bonds. The summed E-state index contributed by atoms with van der Waals surface area (Å²) in [5.74, 6) is 0. The van der Waals surface area contributed by atoms with E-state index in [2.05, 4.69) is 119 Å². The maximum absolute atomic E-state index is 11.8. The minimum atomic E-state index is -4.55. The number of allylic oxidation sites excluding steroid dienone is 8. The summed E-state index contributed by atoms with van der Waals surface area (Å²) in [4.78, 5) is 2.21. The fraction of sp³-hybridized carbons (Fsp3) is 0.370. The lowest BCUT2D eigenvalue weighted by atomic mass is 9.78. The first kappa shape index (κ1) is 37.3. The van der Waals surface area contributed by atoms with Gasteiger partial charge in [0.1, 0.15) is 16.7 Å². The van der Waals surface area contributed by atoms with Crippen LogP contribution in [0.2, 0.25) is 0 Å². The van der Waals surface area contributed by atoms with Crippen LogP contribution in [0.1, 0.15) is 96.8 Å². The molecule has 2 heterocycles. The lowest BCUT2D eigenvalue weighted by molar-refractivity contribution is -0.438. The lowest BCUT2D eigenvalue weighted by Gasteiger charge is -2.27. The zero-order valence-corrected chi connectivity index (χ0v) is 33.7. The molecule has 4 aromatic carbocycles. The third kappa shape index (κ3) is 6.51. The zero-order valence-electron chi connectivity index (χ0n) is 32.1. The highest BCUT2D eigenvalue weighted by molar-refractivity contribution is 7.85. The highest BCUT2D eigenvalue weighted by Gasteiger charge is 2.45. The van der Waals surface area contributed by atoms with Crippen molar-refractivity contribution in [1.29, 1.82) is 0 Å². The van der Waals surface area contributed by atoms with Gasteiger partial charge >= 0.3 is 0 Å². The van der Waals surface area contributed by atoms with E-state index in [9.17, 15) is 13.0 Å². The molecular formula is C46H51ClN2O3S. The van der Waals surface area contributed by atoms with E-state index in [4.69, 9.17) is 11.6 Å². The minimum absolute atomic E-state index is 0.164. The molecule has 0 atom stereocenters. The molecular weight excluding hydrogens is 696 g/mol. The number of anilines is 1. The Morgan fingerprint density at radius 3 is 2.26 bits per heavy atom. The van der Waals surface area contributed by atoms with E-state index in [1.165, 1.54) is 56.7 Å². The SMILES string of the molecule is CCCCN1C(=CC=C2CCC(C=CC3=[N+](CCCC)c4ccc5cc(C)ccc5c4C3(C)C)=C2Cl)C(C)(C)c2c1ccc1cc(S(=O)(=O)[O-])ccc21. The number of aryl methyl sites for hydroxylation is 1. The average Bonchev–Trinajstić information content (AvgIpc) is 3.65. The summed E-state index contributed by atoms with van der Waals surface area (Å²) in [7, 11) is -4.55. The van der Waals surface area contributed by atoms with Crippen LogP contribution < -0.4 is 4.90 Å². The fourth-order valence-electron chi connectivity index (χ4n) is 8.92. The van der Waals surface area contributed by atoms with Gasteiger partial charge in [-0.2, -0.15) is 4.58 Å². The van der Waals surface area contributed by atoms with Gasteiger partial charge in [0.05, 0.1) is 10.3 Å². The molecule has 0 radical (unpaired) electrons. The van der Waals surface area contributed by atoms with Gasteiger partial charge in [-0.1, -0.05) is 100 Å². The zero-order chi connectivity index (χ0) is 37.9. The Kier molecular flexibility index (Phi) is 9.88. The monoisotopic (exact) mass is 746 g/mol. The summed E-state index contributed by atoms with van der Waals surface area (Å²) in [6, 6.07) is 20.2. The van der Waals surface area contributed by atoms with Crippen LogP contribution in [-0.2, 0) is 20.9 Å². The predicted molar refractivity (Wildman–Crippen MR) is 221 cm³/mol. The summed E-state index contributed by atoms with van der Waals surface area (Å²) in [6.07, 6.45) is 15.2. The van der Waals surface area contributed by atoms with Crippen LogP contribution in [-0.4, -0.2) is 36.3 Å². The number of benzene rings is 4. The van der Waals surface area contributed by atoms with Gasteiger partial charge in [0.25, 0.3) is 0 Å². The molecule has 3 aliphatic rings. The Bertz CT molecular complexity index is 2430. The Morgan fingerprint density at radius 2 is 1.53 bits per heavy atom. The van der Waals surface area contributed by atoms with Crippen LogP contribution in [0.3, 0.4) is 0 Å². The molecule has 0 aromatic heterocycles. The van der Waals surface area contributed by atoms with Crippen molar-refractivity contribution in [2.24, 2.45) is 0 Å². The Balaban J connectivity index is 1.24. The van der Waals surface area contributed by atoms with E-state index < -0.39 is 10.1 Å². The Hall–Kier alpha value is -3.97. The smallest absolute Gasteiger partial charge is 0.210 e. The van der Waals surface area contributed by atoms with Crippen LogP contribution in [0.15, 0.2) is 112 Å². The van der Waals surface area contributed by atoms with Crippen LogP contribution >= 0.6 is 11.6 Å². The van der Waals surface area contributed by atoms with Crippen molar-refractivity contribution in [3.63, 3.8) is 0 Å². The maximum Gasteiger partial charge on any atom is 0.210 e. The fourth-order valence-corrected chi connectivity index (χ4v) is 9.74. The predicted octanol–water partition coefficient (Wildman–Crippen LogP) is 11.6. The molecule has 2 aliphatic heterocycles. The van der Waals surface area contributed by atoms with Gasteiger partial charge in [-0.25, -0.2) is 8.42 Å². The molecule has 4 aromatic rings. The van der Waals surface area contributed by atoms with E-state index in [0.29, 0.717) is 0 Å². The van der Waals surface area contributed by atoms with Gasteiger partial charge in [0, 0.05) is 52.5 Å². The first-order valence-corrected chi connectivity index (χ1v) is 20.9. The molecule has 0 spiro atoms. The van der Waals surface area contributed by atoms with Crippen molar-refractivity contribution in [3.05, 3.63) is 124 Å². The van der Waals surface area contributed by atoms with E-state index in [1.54, 1.807) is 6.07 Å². The summed E-state index contributed by atoms with van der Waals surface area (Å²) in [5, 5.41) is 5.18. The Morgan fingerprint density at radius 1 is 0.830 bits per heavy atom. The van der Waals surface area contributed by atoms with Crippen molar-refractivity contribution >= 4 is 60.4 Å². The van der Waals surface area contributed by atoms with Crippen molar-refractivity contribution in [2.75, 3.05) is 18.0 Å². The molecule has 276 valence electrons. The van der Waals surface area contributed by atoms with Crippen molar-refractivity contribution < 1.29 is 17.5 Å². The molecule has 0 bridgehead atoms. The second-order valence-electron chi connectivity index (χ2n) is 16.0. The lowest BCUT2D eigenvalue weighted by Crippen LogP contribution is -2.28. The molecule has 5 nitrogen and oxygen atoms in total. The number of hydrogen-bond donors (Lipinski definition) is 0. The molecule has 0 saturated heterocycles. The number of nitrogens with zero attached hydrogens (tertiary/aromatic N) is 2. The topological polar surface area (TPSA) is 63.5 Å². The molecule has 7 rings (SSSR count). The van der Waals surface area contributed by atoms with Crippen LogP contribution in [0.5, 0.6) is 0 Å². The van der Waals surface area contributed by atoms with Crippen molar-refractivity contribution in [3.8, 4) is 0 Å². The van der Waals surface area contributed by atoms with Crippen molar-refractivity contribution in [1.82, 2.24) is 0 Å². The highest BCUT2D eigenvalue weighted by Crippen LogP contribution is 2.51. The standard InChI is InChI=1S/C46H51ClN2O3S/c1-8-10-26-48-38-22-15-33-28-30(3)12-20-36(33)42(38)45(4,5)40(48)24-17-31-13-14-32(44(31)47)18-25-41-46(6,7)43-37-21-19-35(53(50,51)52)29-34(37)16-23-39(43)49(41)27-11-9-2/h12,15-25,28-29H,8-11,13-14,26-27H2,1-7H3. The largest absolute Gasteiger partial charge is 0.744 e. The van der Waals surface area contributed by atoms with E-state index in [0.717, 1.165) is 84.2 Å². The normalized spacial score (nSPS) is 19.6. The van der Waals surface area contributed by atoms with Crippen LogP contribution in [0.4, 0.5) is 11.4 Å². The number of halogens is 1. The molecule has 0 unspecified atom stereocenters. The summed E-state index contributed by atoms with van der Waals surface area (Å²) < 4.78 is 38.0. The molecule has 7 heteroatoms. The van der Waals surface area contributed by atoms with E-state index in [-0.39, 0.29) is 15.7 Å². The first-order valence-electron chi connectivity index (χ1n) is 19.2. The van der Waals surface area contributed by atoms with E-state index >= 15 is 0 Å². The van der Waals surface area contributed by atoms with Crippen molar-refractivity contribution in [2.45, 2.75) is 103 Å². The van der Waals surface area contributed by atoms with Crippen LogP contribution in [0.25, 0.3) is 21.5 Å². The second-order valence-corrected chi connectivity index (χ2v) is 17.8. The maximum atomic E-state index is 11.8. The molecule has 53 heavy (non-hydrogen) atoms. The number of rotatable bonds is 10. The van der Waals surface area contributed by atoms with Gasteiger partial charge in [0.2, 0.25) is 5.69 Å². The molecule has 0 N–H and O–H groups in total. The third-order valence-corrected chi connectivity index (χ3v) is 13.0. The number of fused-ring (bicyclic) bond motifs is 6. The summed E-state index contributed by atoms with van der Waals surface area (Å²) >= 11 is 7.22. The second kappa shape index (κ2) is 14.0. The Labute approximate surface area is 320 Å². The van der Waals surface area contributed by atoms with Gasteiger partial charge in [0.15, 0.2) is 5.71 Å². The molecule has 1 aliphatic carbocycles. The molecule has 0 fully saturated rings. The minimum Gasteiger partial charge on any atom is -0.744 e. The number of hydrogen-bond acceptors (Lipinski definition) is 4. The van der Waals surface area contributed by atoms with Gasteiger partial charge in [-0.3, -0.25) is 0 Å². The highest BCUT2D eigenvalue weighted by atomic mass is 35.5. The quantitative estimate of drug-likeness (QED) is 0.120. The first-order chi connectivity index (χ1) is 25.2. The van der Waals surface area contributed by atoms with E-state index in [1.807, 2.05) is 6.07 Å². The van der Waals surface area contributed by atoms with Gasteiger partial charge < -0.3 is 9.45 Å². The average molecular weight is 747 g/mol. The van der Waals surface area contributed by atoms with Gasteiger partial charge in [-0.15, -0.1) is 0 Å². The summed E-state index contributed by atoms with van der Waals surface area (Å²) in [6.45, 7) is 17.6. The van der Waals surface area contributed by atoms with Crippen LogP contribution in [0, 0.1) is 6.92 Å². The van der Waals surface area contributed by atoms with Gasteiger partial charge in [-0.05, 0) is 109 Å². The number of unbranched alkanes of at least 4 members (excludes halogenated alkanes) is 2. The molecule has 0 saturated carbocycles. The summed E-state index contributed by atoms with van der Waals surface area (Å²) in [5.41, 5.74) is 10.6. The third-order valence-electron chi connectivity index (χ3n) is 11.7.